The number of aliphatic hydroxyl groups excluding tert-OH is 1. The third-order valence-corrected chi connectivity index (χ3v) is 14.2. The molecule has 1 amide bonds. The number of nitrogens with one attached hydrogen (secondary N) is 1. The number of amides is 1. The van der Waals surface area contributed by atoms with E-state index in [0.29, 0.717) is 29.7 Å². The van der Waals surface area contributed by atoms with E-state index in [9.17, 15) is 24.6 Å². The highest BCUT2D eigenvalue weighted by Gasteiger charge is 2.52. The number of rotatable bonds is 12. The molecule has 3 aliphatic rings. The second-order valence-electron chi connectivity index (χ2n) is 19.5. The molecule has 0 aromatic heterocycles. The molecule has 16 nitrogen and oxygen atoms in total. The van der Waals surface area contributed by atoms with Gasteiger partial charge in [-0.1, -0.05) is 75.8 Å². The van der Waals surface area contributed by atoms with Gasteiger partial charge >= 0.3 is 11.9 Å². The fourth-order valence-corrected chi connectivity index (χ4v) is 10.2. The van der Waals surface area contributed by atoms with Crippen LogP contribution in [0.3, 0.4) is 0 Å². The third kappa shape index (κ3) is 12.9. The average Bonchev–Trinajstić information content (AvgIpc) is 3.32. The van der Waals surface area contributed by atoms with Crippen molar-refractivity contribution in [3.05, 3.63) is 84.6 Å². The van der Waals surface area contributed by atoms with Gasteiger partial charge in [0.15, 0.2) is 18.7 Å². The van der Waals surface area contributed by atoms with Gasteiger partial charge < -0.3 is 58.4 Å². The molecule has 3 aliphatic heterocycles. The van der Waals surface area contributed by atoms with Crippen molar-refractivity contribution in [2.45, 2.75) is 174 Å². The van der Waals surface area contributed by atoms with Crippen LogP contribution in [-0.2, 0) is 42.8 Å². The number of carbonyl (C=O) groups excluding carboxylic acids is 3. The standard InChI is InChI=1S/C52H77N3O13/c1-14-40-35(8)55(47(57)37-22-18-16-19-23-37)29-31(4)42(54-62-15-2)30(3)27-51(10,60)46(68-50-44(39(53-12)26-32(5)63-50)67-49(59)38-24-20-17-21-25-38)33(6)43(34(7)48(58)65-40)66-41-28-52(11,61-13)45(56)36(9)64-41/h15-25,30-36,39-41,43-46,50,53,56,60H,2,14,26-29H2,1,3-13H3/b54-42+/t30-,31?,32-,33+,34-,35?,36+,39+,40?,41+,43?,44-,45+,46-,50+,51+,52-/m1/s1. The Bertz CT molecular complexity index is 1990. The number of hydrogen-bond donors (Lipinski definition) is 3. The van der Waals surface area contributed by atoms with Gasteiger partial charge in [-0.15, -0.1) is 0 Å². The van der Waals surface area contributed by atoms with Gasteiger partial charge in [0, 0.05) is 43.4 Å². The molecule has 378 valence electrons. The van der Waals surface area contributed by atoms with Crippen LogP contribution in [0.25, 0.3) is 0 Å². The first kappa shape index (κ1) is 54.7. The Labute approximate surface area is 403 Å². The molecule has 0 spiro atoms. The van der Waals surface area contributed by atoms with Crippen molar-refractivity contribution in [2.24, 2.45) is 28.8 Å². The summed E-state index contributed by atoms with van der Waals surface area (Å²) in [6.45, 7) is 22.0. The lowest BCUT2D eigenvalue weighted by atomic mass is 9.76. The van der Waals surface area contributed by atoms with Crippen molar-refractivity contribution in [1.29, 1.82) is 0 Å². The number of esters is 2. The first-order valence-corrected chi connectivity index (χ1v) is 24.1. The second-order valence-corrected chi connectivity index (χ2v) is 19.5. The van der Waals surface area contributed by atoms with E-state index in [2.05, 4.69) is 17.1 Å². The molecule has 0 radical (unpaired) electrons. The van der Waals surface area contributed by atoms with E-state index in [-0.39, 0.29) is 31.4 Å². The predicted octanol–water partition coefficient (Wildman–Crippen LogP) is 6.67. The summed E-state index contributed by atoms with van der Waals surface area (Å²) in [6, 6.07) is 16.5. The largest absolute Gasteiger partial charge is 0.460 e. The minimum Gasteiger partial charge on any atom is -0.460 e. The number of carbonyl (C=O) groups is 3. The second kappa shape index (κ2) is 24.0. The van der Waals surface area contributed by atoms with Gasteiger partial charge in [0.1, 0.15) is 18.5 Å². The highest BCUT2D eigenvalue weighted by molar-refractivity contribution is 5.95. The fourth-order valence-electron chi connectivity index (χ4n) is 10.2. The van der Waals surface area contributed by atoms with Gasteiger partial charge in [-0.05, 0) is 92.1 Å². The van der Waals surface area contributed by atoms with E-state index in [0.717, 1.165) is 0 Å². The smallest absolute Gasteiger partial charge is 0.338 e. The number of methoxy groups -OCH3 is 1. The Morgan fingerprint density at radius 1 is 0.926 bits per heavy atom. The topological polar surface area (TPSA) is 193 Å². The molecular weight excluding hydrogens is 875 g/mol. The summed E-state index contributed by atoms with van der Waals surface area (Å²) in [5, 5.41) is 32.1. The van der Waals surface area contributed by atoms with Crippen molar-refractivity contribution in [3.63, 3.8) is 0 Å². The summed E-state index contributed by atoms with van der Waals surface area (Å²) in [7, 11) is 3.28. The Morgan fingerprint density at radius 2 is 1.56 bits per heavy atom. The number of benzene rings is 2. The van der Waals surface area contributed by atoms with Gasteiger partial charge in [-0.25, -0.2) is 4.79 Å². The molecule has 2 aromatic rings. The first-order chi connectivity index (χ1) is 32.2. The van der Waals surface area contributed by atoms with Crippen LogP contribution in [0.4, 0.5) is 0 Å². The fraction of sp³-hybridized carbons (Fsp3) is 0.654. The van der Waals surface area contributed by atoms with Crippen LogP contribution in [0, 0.1) is 23.7 Å². The molecule has 17 atom stereocenters. The maximum atomic E-state index is 14.8. The SMILES string of the molecule is C=CO/N=C1/C(C)CN(C(=O)c2ccccc2)C(C)C(CC)OC(=O)[C@H](C)C(O[C@H]2C[C@@](C)(OC)[C@@H](O)[C@H](C)O2)[C@H](C)[C@@H](O[C@@H]2O[C@H](C)C[C@H](NC)[C@H]2OC(=O)c2ccccc2)[C@@](C)(O)C[C@H]1C. The molecule has 0 bridgehead atoms. The summed E-state index contributed by atoms with van der Waals surface area (Å²) in [4.78, 5) is 50.3. The first-order valence-electron chi connectivity index (χ1n) is 24.1. The van der Waals surface area contributed by atoms with Gasteiger partial charge in [0.05, 0.1) is 64.9 Å². The molecular formula is C52H77N3O13. The monoisotopic (exact) mass is 952 g/mol. The summed E-state index contributed by atoms with van der Waals surface area (Å²) in [5.74, 6) is -4.32. The van der Waals surface area contributed by atoms with Crippen molar-refractivity contribution in [2.75, 3.05) is 20.7 Å². The molecule has 3 N–H and O–H groups in total. The molecule has 0 aliphatic carbocycles. The van der Waals surface area contributed by atoms with E-state index in [4.69, 9.17) is 38.0 Å². The molecule has 5 rings (SSSR count). The number of oxime groups is 1. The van der Waals surface area contributed by atoms with E-state index in [1.165, 1.54) is 13.4 Å². The van der Waals surface area contributed by atoms with E-state index < -0.39 is 108 Å². The number of nitrogens with zero attached hydrogens (tertiary/aromatic N) is 2. The zero-order valence-electron chi connectivity index (χ0n) is 42.0. The van der Waals surface area contributed by atoms with E-state index >= 15 is 0 Å². The lowest BCUT2D eigenvalue weighted by Gasteiger charge is -2.48. The molecule has 3 fully saturated rings. The number of cyclic esters (lactones) is 1. The summed E-state index contributed by atoms with van der Waals surface area (Å²) in [5.41, 5.74) is -1.52. The van der Waals surface area contributed by atoms with Gasteiger partial charge in [-0.3, -0.25) is 9.59 Å². The van der Waals surface area contributed by atoms with E-state index in [1.54, 1.807) is 94.2 Å². The minimum atomic E-state index is -1.77. The lowest BCUT2D eigenvalue weighted by Crippen LogP contribution is -2.61. The predicted molar refractivity (Wildman–Crippen MR) is 255 cm³/mol. The molecule has 3 heterocycles. The van der Waals surface area contributed by atoms with Gasteiger partial charge in [0.25, 0.3) is 5.91 Å². The Morgan fingerprint density at radius 3 is 2.15 bits per heavy atom. The Balaban J connectivity index is 1.67. The van der Waals surface area contributed by atoms with Gasteiger partial charge in [-0.2, -0.15) is 0 Å². The minimum absolute atomic E-state index is 0.0219. The van der Waals surface area contributed by atoms with E-state index in [1.807, 2.05) is 47.6 Å². The molecule has 4 unspecified atom stereocenters. The highest BCUT2D eigenvalue weighted by Crippen LogP contribution is 2.40. The molecule has 68 heavy (non-hydrogen) atoms. The van der Waals surface area contributed by atoms with Crippen molar-refractivity contribution in [3.8, 4) is 0 Å². The van der Waals surface area contributed by atoms with Crippen LogP contribution in [0.5, 0.6) is 0 Å². The molecule has 16 heteroatoms. The molecule has 2 aromatic carbocycles. The number of hydrogen-bond acceptors (Lipinski definition) is 15. The van der Waals surface area contributed by atoms with Crippen molar-refractivity contribution in [1.82, 2.24) is 10.2 Å². The average molecular weight is 952 g/mol. The van der Waals surface area contributed by atoms with Crippen LogP contribution in [0.2, 0.25) is 0 Å². The Kier molecular flexibility index (Phi) is 19.3. The number of aliphatic hydroxyl groups is 2. The van der Waals surface area contributed by atoms with Crippen molar-refractivity contribution < 1.29 is 62.6 Å². The number of ether oxygens (including phenoxy) is 7. The van der Waals surface area contributed by atoms with Crippen LogP contribution >= 0.6 is 0 Å². The summed E-state index contributed by atoms with van der Waals surface area (Å²) in [6.07, 6.45) is -6.20. The molecule has 0 saturated carbocycles. The maximum absolute atomic E-state index is 14.8. The van der Waals surface area contributed by atoms with Gasteiger partial charge in [0.2, 0.25) is 0 Å². The quantitative estimate of drug-likeness (QED) is 0.116. The third-order valence-electron chi connectivity index (χ3n) is 14.2. The molecule has 3 saturated heterocycles. The highest BCUT2D eigenvalue weighted by atomic mass is 16.7. The zero-order valence-corrected chi connectivity index (χ0v) is 42.0. The lowest BCUT2D eigenvalue weighted by molar-refractivity contribution is -0.315. The van der Waals surface area contributed by atoms with Crippen LogP contribution in [0.15, 0.2) is 78.7 Å². The normalized spacial score (nSPS) is 38.4. The summed E-state index contributed by atoms with van der Waals surface area (Å²) >= 11 is 0. The Hall–Kier alpha value is -4.26. The van der Waals surface area contributed by atoms with Crippen molar-refractivity contribution >= 4 is 23.6 Å². The number of likely N-dealkylation sites (N-methyl/N-ethyl adjacent to an activating group) is 1. The van der Waals surface area contributed by atoms with Crippen LogP contribution < -0.4 is 5.32 Å². The van der Waals surface area contributed by atoms with Crippen LogP contribution in [-0.4, -0.2) is 138 Å². The van der Waals surface area contributed by atoms with Crippen LogP contribution in [0.1, 0.15) is 116 Å². The summed E-state index contributed by atoms with van der Waals surface area (Å²) < 4.78 is 45.3. The zero-order chi connectivity index (χ0) is 50.1. The maximum Gasteiger partial charge on any atom is 0.338 e.